The molecule has 8 heteroatoms. The lowest BCUT2D eigenvalue weighted by Gasteiger charge is -2.03. The van der Waals surface area contributed by atoms with Crippen molar-refractivity contribution in [2.24, 2.45) is 0 Å². The first-order chi connectivity index (χ1) is 6.13. The van der Waals surface area contributed by atoms with E-state index in [0.717, 1.165) is 10.9 Å². The Morgan fingerprint density at radius 1 is 1.77 bits per heavy atom. The largest absolute Gasteiger partial charge is 0.410 e. The number of nitro groups is 1. The van der Waals surface area contributed by atoms with Gasteiger partial charge in [-0.25, -0.2) is 4.68 Å². The average Bonchev–Trinajstić information content (AvgIpc) is 2.52. The molecule has 2 N–H and O–H groups in total. The number of aliphatic hydroxyl groups is 2. The topological polar surface area (TPSA) is 114 Å². The van der Waals surface area contributed by atoms with Gasteiger partial charge in [0.05, 0.1) is 24.5 Å². The number of rotatable bonds is 4. The lowest BCUT2D eigenvalue weighted by Crippen LogP contribution is -2.20. The highest BCUT2D eigenvalue weighted by atomic mass is 16.6. The second-order valence-electron chi connectivity index (χ2n) is 2.39. The highest BCUT2D eigenvalue weighted by Gasteiger charge is 2.13. The molecular formula is C5H8N4O4. The zero-order chi connectivity index (χ0) is 9.84. The summed E-state index contributed by atoms with van der Waals surface area (Å²) in [4.78, 5) is 9.46. The molecule has 0 fully saturated rings. The maximum Gasteiger partial charge on any atom is 0.410 e. The summed E-state index contributed by atoms with van der Waals surface area (Å²) in [5.74, 6) is -0.384. The smallest absolute Gasteiger partial charge is 0.394 e. The third kappa shape index (κ3) is 2.46. The molecule has 0 saturated heterocycles. The first kappa shape index (κ1) is 9.55. The second kappa shape index (κ2) is 3.92. The molecule has 8 nitrogen and oxygen atoms in total. The van der Waals surface area contributed by atoms with Gasteiger partial charge in [0, 0.05) is 0 Å². The van der Waals surface area contributed by atoms with Crippen LogP contribution >= 0.6 is 0 Å². The summed E-state index contributed by atoms with van der Waals surface area (Å²) in [7, 11) is 0. The Morgan fingerprint density at radius 3 is 2.92 bits per heavy atom. The minimum Gasteiger partial charge on any atom is -0.394 e. The molecule has 0 amide bonds. The molecule has 1 atom stereocenters. The van der Waals surface area contributed by atoms with Gasteiger partial charge in [-0.2, -0.15) is 0 Å². The van der Waals surface area contributed by atoms with Crippen LogP contribution in [0.3, 0.4) is 0 Å². The van der Waals surface area contributed by atoms with E-state index in [2.05, 4.69) is 10.3 Å². The van der Waals surface area contributed by atoms with Crippen molar-refractivity contribution in [3.63, 3.8) is 0 Å². The summed E-state index contributed by atoms with van der Waals surface area (Å²) in [6, 6.07) is 0. The molecule has 0 bridgehead atoms. The molecule has 0 aliphatic carbocycles. The lowest BCUT2D eigenvalue weighted by molar-refractivity contribution is -0.389. The van der Waals surface area contributed by atoms with Crippen LogP contribution in [-0.4, -0.2) is 42.8 Å². The van der Waals surface area contributed by atoms with E-state index in [1.165, 1.54) is 0 Å². The van der Waals surface area contributed by atoms with E-state index in [4.69, 9.17) is 10.2 Å². The minimum atomic E-state index is -0.985. The van der Waals surface area contributed by atoms with Crippen molar-refractivity contribution < 1.29 is 15.1 Å². The van der Waals surface area contributed by atoms with E-state index in [9.17, 15) is 10.1 Å². The molecule has 0 spiro atoms. The van der Waals surface area contributed by atoms with E-state index in [1.54, 1.807) is 0 Å². The van der Waals surface area contributed by atoms with E-state index >= 15 is 0 Å². The molecule has 0 aliphatic heterocycles. The Kier molecular flexibility index (Phi) is 2.88. The second-order valence-corrected chi connectivity index (χ2v) is 2.39. The molecule has 0 aromatic carbocycles. The molecule has 1 heterocycles. The van der Waals surface area contributed by atoms with Gasteiger partial charge in [-0.1, -0.05) is 0 Å². The summed E-state index contributed by atoms with van der Waals surface area (Å²) in [6.45, 7) is -0.439. The van der Waals surface area contributed by atoms with E-state index in [1.807, 2.05) is 0 Å². The Bertz CT molecular complexity index is 298. The van der Waals surface area contributed by atoms with Gasteiger partial charge in [0.15, 0.2) is 0 Å². The van der Waals surface area contributed by atoms with Crippen LogP contribution in [0.4, 0.5) is 5.82 Å². The van der Waals surface area contributed by atoms with Gasteiger partial charge in [0.1, 0.15) is 11.3 Å². The van der Waals surface area contributed by atoms with Crippen LogP contribution in [0, 0.1) is 10.1 Å². The van der Waals surface area contributed by atoms with Crippen molar-refractivity contribution in [2.75, 3.05) is 6.61 Å². The van der Waals surface area contributed by atoms with Crippen molar-refractivity contribution in [3.05, 3.63) is 16.3 Å². The Balaban J connectivity index is 2.64. The van der Waals surface area contributed by atoms with Crippen LogP contribution in [0.25, 0.3) is 0 Å². The van der Waals surface area contributed by atoms with E-state index < -0.39 is 17.6 Å². The molecule has 1 aromatic heterocycles. The van der Waals surface area contributed by atoms with Crippen LogP contribution in [0.5, 0.6) is 0 Å². The van der Waals surface area contributed by atoms with Gasteiger partial charge in [-0.15, -0.1) is 0 Å². The van der Waals surface area contributed by atoms with E-state index in [0.29, 0.717) is 0 Å². The summed E-state index contributed by atoms with van der Waals surface area (Å²) in [6.07, 6.45) is 0.0973. The molecule has 1 rings (SSSR count). The highest BCUT2D eigenvalue weighted by Crippen LogP contribution is 2.03. The normalized spacial score (nSPS) is 12.8. The molecule has 1 aromatic rings. The zero-order valence-corrected chi connectivity index (χ0v) is 6.57. The maximum atomic E-state index is 10.1. The molecule has 72 valence electrons. The van der Waals surface area contributed by atoms with Crippen molar-refractivity contribution in [2.45, 2.75) is 12.6 Å². The Morgan fingerprint density at radius 2 is 2.46 bits per heavy atom. The molecule has 0 radical (unpaired) electrons. The predicted molar refractivity (Wildman–Crippen MR) is 39.8 cm³/mol. The van der Waals surface area contributed by atoms with Crippen LogP contribution in [0.15, 0.2) is 6.20 Å². The fourth-order valence-corrected chi connectivity index (χ4v) is 0.735. The van der Waals surface area contributed by atoms with Crippen molar-refractivity contribution in [3.8, 4) is 0 Å². The van der Waals surface area contributed by atoms with Crippen LogP contribution in [0.2, 0.25) is 0 Å². The number of hydrogen-bond donors (Lipinski definition) is 2. The summed E-state index contributed by atoms with van der Waals surface area (Å²) in [5, 5.41) is 34.2. The quantitative estimate of drug-likeness (QED) is 0.440. The summed E-state index contributed by atoms with van der Waals surface area (Å²) < 4.78 is 1.10. The van der Waals surface area contributed by atoms with Crippen LogP contribution in [0.1, 0.15) is 0 Å². The van der Waals surface area contributed by atoms with Gasteiger partial charge < -0.3 is 20.3 Å². The first-order valence-electron chi connectivity index (χ1n) is 3.47. The van der Waals surface area contributed by atoms with E-state index in [-0.39, 0.29) is 12.4 Å². The molecule has 1 unspecified atom stereocenters. The number of aliphatic hydroxyl groups excluding tert-OH is 2. The van der Waals surface area contributed by atoms with Gasteiger partial charge in [-0.05, 0) is 4.92 Å². The molecule has 13 heavy (non-hydrogen) atoms. The number of aromatic nitrogens is 3. The van der Waals surface area contributed by atoms with Crippen molar-refractivity contribution in [1.29, 1.82) is 0 Å². The van der Waals surface area contributed by atoms with Gasteiger partial charge in [0.25, 0.3) is 0 Å². The number of hydrogen-bond acceptors (Lipinski definition) is 6. The fraction of sp³-hybridized carbons (Fsp3) is 0.600. The van der Waals surface area contributed by atoms with Gasteiger partial charge in [-0.3, -0.25) is 0 Å². The molecular weight excluding hydrogens is 180 g/mol. The standard InChI is InChI=1S/C5H8N4O4/c10-3-4(11)1-8-2-5(6-7-8)9(12)13/h2,4,10-11H,1,3H2. The van der Waals surface area contributed by atoms with Crippen LogP contribution < -0.4 is 0 Å². The first-order valence-corrected chi connectivity index (χ1v) is 3.47. The third-order valence-electron chi connectivity index (χ3n) is 1.32. The SMILES string of the molecule is O=[N+]([O-])c1cn(CC(O)CO)nn1. The number of nitrogens with zero attached hydrogens (tertiary/aromatic N) is 4. The predicted octanol–water partition coefficient (Wildman–Crippen LogP) is -1.46. The Hall–Kier alpha value is -1.54. The monoisotopic (exact) mass is 188 g/mol. The lowest BCUT2D eigenvalue weighted by atomic mass is 10.4. The van der Waals surface area contributed by atoms with Crippen molar-refractivity contribution in [1.82, 2.24) is 15.0 Å². The Labute approximate surface area is 72.6 Å². The highest BCUT2D eigenvalue weighted by molar-refractivity contribution is 5.08. The summed E-state index contributed by atoms with van der Waals surface area (Å²) in [5.41, 5.74) is 0. The summed E-state index contributed by atoms with van der Waals surface area (Å²) >= 11 is 0. The fourth-order valence-electron chi connectivity index (χ4n) is 0.735. The maximum absolute atomic E-state index is 10.1. The van der Waals surface area contributed by atoms with Gasteiger partial charge in [0.2, 0.25) is 0 Å². The minimum absolute atomic E-state index is 0.0165. The van der Waals surface area contributed by atoms with Crippen molar-refractivity contribution >= 4 is 5.82 Å². The van der Waals surface area contributed by atoms with Gasteiger partial charge >= 0.3 is 5.82 Å². The average molecular weight is 188 g/mol. The third-order valence-corrected chi connectivity index (χ3v) is 1.32. The zero-order valence-electron chi connectivity index (χ0n) is 6.57. The van der Waals surface area contributed by atoms with Crippen LogP contribution in [-0.2, 0) is 6.54 Å². The molecule has 0 aliphatic rings. The molecule has 0 saturated carbocycles.